The fraction of sp³-hybridized carbons (Fsp3) is 0.429. The molecule has 0 bridgehead atoms. The molecule has 1 N–H and O–H groups in total. The van der Waals surface area contributed by atoms with Gasteiger partial charge in [0.25, 0.3) is 0 Å². The molecule has 0 saturated heterocycles. The summed E-state index contributed by atoms with van der Waals surface area (Å²) in [6.07, 6.45) is 0. The molecule has 0 aliphatic carbocycles. The van der Waals surface area contributed by atoms with Crippen LogP contribution in [-0.2, 0) is 10.2 Å². The van der Waals surface area contributed by atoms with Crippen molar-refractivity contribution in [3.63, 3.8) is 0 Å². The zero-order chi connectivity index (χ0) is 13.1. The first kappa shape index (κ1) is 13.4. The highest BCUT2D eigenvalue weighted by atomic mass is 16.2. The van der Waals surface area contributed by atoms with Crippen LogP contribution < -0.4 is 5.43 Å². The molecule has 1 amide bonds. The minimum Gasteiger partial charge on any atom is -0.274 e. The van der Waals surface area contributed by atoms with E-state index in [2.05, 4.69) is 43.4 Å². The number of rotatable bonds is 2. The third-order valence-electron chi connectivity index (χ3n) is 2.55. The Morgan fingerprint density at radius 1 is 1.12 bits per heavy atom. The Hall–Kier alpha value is -1.64. The molecule has 0 heterocycles. The number of hydrazone groups is 1. The zero-order valence-corrected chi connectivity index (χ0v) is 11.2. The lowest BCUT2D eigenvalue weighted by Gasteiger charge is -2.19. The second-order valence-corrected chi connectivity index (χ2v) is 5.19. The Morgan fingerprint density at radius 2 is 1.65 bits per heavy atom. The van der Waals surface area contributed by atoms with Crippen molar-refractivity contribution in [3.05, 3.63) is 35.4 Å². The van der Waals surface area contributed by atoms with Crippen molar-refractivity contribution in [3.8, 4) is 0 Å². The summed E-state index contributed by atoms with van der Waals surface area (Å²) < 4.78 is 0. The topological polar surface area (TPSA) is 41.5 Å². The molecule has 0 aromatic heterocycles. The van der Waals surface area contributed by atoms with Crippen LogP contribution in [0.2, 0.25) is 0 Å². The van der Waals surface area contributed by atoms with Gasteiger partial charge in [0.1, 0.15) is 0 Å². The first-order valence-corrected chi connectivity index (χ1v) is 5.72. The van der Waals surface area contributed by atoms with Crippen LogP contribution >= 0.6 is 0 Å². The molecule has 17 heavy (non-hydrogen) atoms. The Kier molecular flexibility index (Phi) is 4.05. The number of nitrogens with zero attached hydrogens (tertiary/aromatic N) is 1. The lowest BCUT2D eigenvalue weighted by molar-refractivity contribution is -0.118. The average Bonchev–Trinajstić information content (AvgIpc) is 2.25. The zero-order valence-electron chi connectivity index (χ0n) is 11.2. The largest absolute Gasteiger partial charge is 0.274 e. The second-order valence-electron chi connectivity index (χ2n) is 5.19. The molecule has 0 saturated carbocycles. The molecule has 0 aliphatic rings. The van der Waals surface area contributed by atoms with Gasteiger partial charge in [0.15, 0.2) is 0 Å². The van der Waals surface area contributed by atoms with Crippen LogP contribution in [0.4, 0.5) is 0 Å². The van der Waals surface area contributed by atoms with Gasteiger partial charge in [-0.2, -0.15) is 5.10 Å². The maximum absolute atomic E-state index is 10.7. The standard InChI is InChI=1S/C14H20N2O/c1-10(15-16-11(2)17)12-6-8-13(9-7-12)14(3,4)5/h6-9H,1-5H3,(H,16,17)/b15-10+. The van der Waals surface area contributed by atoms with Gasteiger partial charge < -0.3 is 0 Å². The highest BCUT2D eigenvalue weighted by molar-refractivity contribution is 5.99. The van der Waals surface area contributed by atoms with Crippen LogP contribution in [-0.4, -0.2) is 11.6 Å². The SMILES string of the molecule is CC(=O)N/N=C(\C)c1ccc(C(C)(C)C)cc1. The van der Waals surface area contributed by atoms with E-state index in [1.54, 1.807) is 0 Å². The third kappa shape index (κ3) is 4.02. The molecule has 0 unspecified atom stereocenters. The van der Waals surface area contributed by atoms with Gasteiger partial charge in [0, 0.05) is 6.92 Å². The molecule has 0 aliphatic heterocycles. The van der Waals surface area contributed by atoms with Crippen LogP contribution in [0.25, 0.3) is 0 Å². The van der Waals surface area contributed by atoms with Crippen LogP contribution in [0.15, 0.2) is 29.4 Å². The summed E-state index contributed by atoms with van der Waals surface area (Å²) in [5, 5.41) is 4.00. The fourth-order valence-electron chi connectivity index (χ4n) is 1.44. The van der Waals surface area contributed by atoms with E-state index < -0.39 is 0 Å². The summed E-state index contributed by atoms with van der Waals surface area (Å²) in [5.41, 5.74) is 5.70. The summed E-state index contributed by atoms with van der Waals surface area (Å²) in [4.78, 5) is 10.7. The number of amides is 1. The van der Waals surface area contributed by atoms with Crippen molar-refractivity contribution in [2.75, 3.05) is 0 Å². The maximum atomic E-state index is 10.7. The highest BCUT2D eigenvalue weighted by Gasteiger charge is 2.13. The van der Waals surface area contributed by atoms with Gasteiger partial charge in [-0.3, -0.25) is 4.79 Å². The van der Waals surface area contributed by atoms with E-state index in [1.165, 1.54) is 12.5 Å². The molecule has 0 atom stereocenters. The first-order chi connectivity index (χ1) is 7.80. The number of nitrogens with one attached hydrogen (secondary N) is 1. The van der Waals surface area contributed by atoms with Crippen molar-refractivity contribution >= 4 is 11.6 Å². The van der Waals surface area contributed by atoms with Crippen molar-refractivity contribution in [1.29, 1.82) is 0 Å². The van der Waals surface area contributed by atoms with Gasteiger partial charge in [-0.1, -0.05) is 45.0 Å². The number of carbonyl (C=O) groups is 1. The van der Waals surface area contributed by atoms with E-state index in [4.69, 9.17) is 0 Å². The number of hydrogen-bond donors (Lipinski definition) is 1. The summed E-state index contributed by atoms with van der Waals surface area (Å²) in [5.74, 6) is -0.157. The summed E-state index contributed by atoms with van der Waals surface area (Å²) in [6, 6.07) is 8.26. The predicted octanol–water partition coefficient (Wildman–Crippen LogP) is 2.84. The first-order valence-electron chi connectivity index (χ1n) is 5.72. The van der Waals surface area contributed by atoms with Crippen LogP contribution in [0, 0.1) is 0 Å². The molecule has 1 aromatic rings. The molecule has 0 radical (unpaired) electrons. The monoisotopic (exact) mass is 232 g/mol. The van der Waals surface area contributed by atoms with Crippen LogP contribution in [0.3, 0.4) is 0 Å². The summed E-state index contributed by atoms with van der Waals surface area (Å²) >= 11 is 0. The van der Waals surface area contributed by atoms with E-state index >= 15 is 0 Å². The van der Waals surface area contributed by atoms with Crippen molar-refractivity contribution < 1.29 is 4.79 Å². The molecular weight excluding hydrogens is 212 g/mol. The normalized spacial score (nSPS) is 12.4. The quantitative estimate of drug-likeness (QED) is 0.618. The number of benzene rings is 1. The van der Waals surface area contributed by atoms with Crippen molar-refractivity contribution in [1.82, 2.24) is 5.43 Å². The van der Waals surface area contributed by atoms with Gasteiger partial charge in [0.2, 0.25) is 5.91 Å². The molecular formula is C14H20N2O. The molecule has 0 fully saturated rings. The van der Waals surface area contributed by atoms with Crippen molar-refractivity contribution in [2.24, 2.45) is 5.10 Å². The minimum absolute atomic E-state index is 0.154. The molecule has 1 rings (SSSR count). The fourth-order valence-corrected chi connectivity index (χ4v) is 1.44. The molecule has 92 valence electrons. The number of hydrogen-bond acceptors (Lipinski definition) is 2. The maximum Gasteiger partial charge on any atom is 0.236 e. The molecule has 3 heteroatoms. The Balaban J connectivity index is 2.88. The van der Waals surface area contributed by atoms with Gasteiger partial charge in [0.05, 0.1) is 5.71 Å². The summed E-state index contributed by atoms with van der Waals surface area (Å²) in [6.45, 7) is 9.86. The number of carbonyl (C=O) groups excluding carboxylic acids is 1. The van der Waals surface area contributed by atoms with Crippen molar-refractivity contribution in [2.45, 2.75) is 40.0 Å². The van der Waals surface area contributed by atoms with Gasteiger partial charge in [-0.05, 0) is 23.5 Å². The molecule has 1 aromatic carbocycles. The smallest absolute Gasteiger partial charge is 0.236 e. The van der Waals surface area contributed by atoms with E-state index in [9.17, 15) is 4.79 Å². The lowest BCUT2D eigenvalue weighted by Crippen LogP contribution is -2.15. The van der Waals surface area contributed by atoms with E-state index in [0.717, 1.165) is 11.3 Å². The average molecular weight is 232 g/mol. The minimum atomic E-state index is -0.157. The molecule has 0 spiro atoms. The van der Waals surface area contributed by atoms with Gasteiger partial charge >= 0.3 is 0 Å². The van der Waals surface area contributed by atoms with E-state index in [0.29, 0.717) is 0 Å². The summed E-state index contributed by atoms with van der Waals surface area (Å²) in [7, 11) is 0. The predicted molar refractivity (Wildman–Crippen MR) is 71.2 cm³/mol. The Labute approximate surface area is 103 Å². The van der Waals surface area contributed by atoms with E-state index in [-0.39, 0.29) is 11.3 Å². The highest BCUT2D eigenvalue weighted by Crippen LogP contribution is 2.22. The van der Waals surface area contributed by atoms with Gasteiger partial charge in [-0.15, -0.1) is 0 Å². The lowest BCUT2D eigenvalue weighted by atomic mass is 9.86. The van der Waals surface area contributed by atoms with Crippen LogP contribution in [0.5, 0.6) is 0 Å². The van der Waals surface area contributed by atoms with Crippen LogP contribution in [0.1, 0.15) is 45.7 Å². The second kappa shape index (κ2) is 5.13. The third-order valence-corrected chi connectivity index (χ3v) is 2.55. The Morgan fingerprint density at radius 3 is 2.06 bits per heavy atom. The molecule has 3 nitrogen and oxygen atoms in total. The van der Waals surface area contributed by atoms with E-state index in [1.807, 2.05) is 19.1 Å². The Bertz CT molecular complexity index is 425. The van der Waals surface area contributed by atoms with Gasteiger partial charge in [-0.25, -0.2) is 5.43 Å².